The minimum atomic E-state index is -0.463. The second-order valence-electron chi connectivity index (χ2n) is 5.36. The van der Waals surface area contributed by atoms with Crippen molar-refractivity contribution in [1.82, 2.24) is 0 Å². The minimum Gasteiger partial charge on any atom is -0.490 e. The highest BCUT2D eigenvalue weighted by atomic mass is 16.6. The predicted octanol–water partition coefficient (Wildman–Crippen LogP) is 2.57. The lowest BCUT2D eigenvalue weighted by Crippen LogP contribution is -2.30. The van der Waals surface area contributed by atoms with Crippen LogP contribution in [0, 0.1) is 15.5 Å². The molecule has 0 bridgehead atoms. The average Bonchev–Trinajstić information content (AvgIpc) is 2.94. The van der Waals surface area contributed by atoms with Gasteiger partial charge in [0.05, 0.1) is 18.6 Å². The lowest BCUT2D eigenvalue weighted by atomic mass is 9.87. The Bertz CT molecular complexity index is 484. The molecule has 1 aromatic rings. The maximum Gasteiger partial charge on any atom is 0.311 e. The van der Waals surface area contributed by atoms with E-state index >= 15 is 0 Å². The molecule has 6 heteroatoms. The van der Waals surface area contributed by atoms with Gasteiger partial charge >= 0.3 is 5.69 Å². The Morgan fingerprint density at radius 2 is 2.15 bits per heavy atom. The molecule has 0 radical (unpaired) electrons. The number of rotatable bonds is 6. The van der Waals surface area contributed by atoms with Crippen molar-refractivity contribution in [1.29, 1.82) is 0 Å². The minimum absolute atomic E-state index is 0.0456. The lowest BCUT2D eigenvalue weighted by Gasteiger charge is -2.27. The van der Waals surface area contributed by atoms with Crippen LogP contribution in [0.15, 0.2) is 18.2 Å². The van der Waals surface area contributed by atoms with Crippen LogP contribution in [0.1, 0.15) is 25.7 Å². The number of aliphatic hydroxyl groups is 1. The van der Waals surface area contributed by atoms with Gasteiger partial charge in [0, 0.05) is 29.8 Å². The van der Waals surface area contributed by atoms with Crippen LogP contribution < -0.4 is 10.1 Å². The Balaban J connectivity index is 2.08. The van der Waals surface area contributed by atoms with Gasteiger partial charge in [0.1, 0.15) is 0 Å². The molecular formula is C14H20N2O4. The van der Waals surface area contributed by atoms with Crippen molar-refractivity contribution in [2.45, 2.75) is 25.7 Å². The molecule has 0 aromatic heterocycles. The normalized spacial score (nSPS) is 16.9. The van der Waals surface area contributed by atoms with Crippen molar-refractivity contribution in [3.8, 4) is 5.75 Å². The van der Waals surface area contributed by atoms with Gasteiger partial charge in [-0.3, -0.25) is 10.1 Å². The summed E-state index contributed by atoms with van der Waals surface area (Å²) in [6, 6.07) is 4.72. The number of nitro benzene ring substituents is 1. The van der Waals surface area contributed by atoms with Crippen LogP contribution in [0.2, 0.25) is 0 Å². The maximum atomic E-state index is 10.8. The number of nitrogens with zero attached hydrogens (tertiary/aromatic N) is 1. The van der Waals surface area contributed by atoms with Crippen LogP contribution in [0.5, 0.6) is 5.75 Å². The third-order valence-corrected chi connectivity index (χ3v) is 4.04. The highest BCUT2D eigenvalue weighted by Crippen LogP contribution is 2.38. The van der Waals surface area contributed by atoms with Gasteiger partial charge in [0.25, 0.3) is 0 Å². The fourth-order valence-electron chi connectivity index (χ4n) is 2.74. The van der Waals surface area contributed by atoms with E-state index in [9.17, 15) is 15.2 Å². The maximum absolute atomic E-state index is 10.8. The molecular weight excluding hydrogens is 260 g/mol. The smallest absolute Gasteiger partial charge is 0.311 e. The summed E-state index contributed by atoms with van der Waals surface area (Å²) in [6.45, 7) is 0.842. The first kappa shape index (κ1) is 14.6. The van der Waals surface area contributed by atoms with E-state index < -0.39 is 4.92 Å². The molecule has 1 aromatic carbocycles. The molecule has 0 saturated heterocycles. The topological polar surface area (TPSA) is 84.6 Å². The fourth-order valence-corrected chi connectivity index (χ4v) is 2.74. The summed E-state index contributed by atoms with van der Waals surface area (Å²) in [5.41, 5.74) is 0.664. The molecule has 20 heavy (non-hydrogen) atoms. The second-order valence-corrected chi connectivity index (χ2v) is 5.36. The van der Waals surface area contributed by atoms with Crippen LogP contribution in [0.25, 0.3) is 0 Å². The number of hydrogen-bond acceptors (Lipinski definition) is 5. The summed E-state index contributed by atoms with van der Waals surface area (Å²) in [5, 5.41) is 23.6. The zero-order valence-electron chi connectivity index (χ0n) is 11.6. The standard InChI is InChI=1S/C14H20N2O4/c1-20-13-8-11(4-5-12(13)16(18)19)15-9-14(10-17)6-2-3-7-14/h4-5,8,15,17H,2-3,6-7,9-10H2,1H3. The van der Waals surface area contributed by atoms with Crippen molar-refractivity contribution >= 4 is 11.4 Å². The number of hydrogen-bond donors (Lipinski definition) is 2. The molecule has 2 N–H and O–H groups in total. The van der Waals surface area contributed by atoms with Crippen LogP contribution in [-0.2, 0) is 0 Å². The summed E-state index contributed by atoms with van der Waals surface area (Å²) in [7, 11) is 1.41. The van der Waals surface area contributed by atoms with Gasteiger partial charge in [-0.25, -0.2) is 0 Å². The molecule has 0 aliphatic heterocycles. The molecule has 0 atom stereocenters. The van der Waals surface area contributed by atoms with Crippen LogP contribution >= 0.6 is 0 Å². The van der Waals surface area contributed by atoms with Crippen molar-refractivity contribution in [2.24, 2.45) is 5.41 Å². The molecule has 1 saturated carbocycles. The molecule has 2 rings (SSSR count). The van der Waals surface area contributed by atoms with E-state index in [1.54, 1.807) is 12.1 Å². The van der Waals surface area contributed by atoms with Crippen LogP contribution in [-0.4, -0.2) is 30.3 Å². The third kappa shape index (κ3) is 3.01. The molecule has 0 amide bonds. The van der Waals surface area contributed by atoms with Crippen molar-refractivity contribution < 1.29 is 14.8 Å². The Hall–Kier alpha value is -1.82. The highest BCUT2D eigenvalue weighted by Gasteiger charge is 2.32. The molecule has 1 fully saturated rings. The summed E-state index contributed by atoms with van der Waals surface area (Å²) in [4.78, 5) is 10.4. The first-order chi connectivity index (χ1) is 9.60. The van der Waals surface area contributed by atoms with Gasteiger partial charge < -0.3 is 15.2 Å². The Morgan fingerprint density at radius 1 is 1.45 bits per heavy atom. The zero-order valence-corrected chi connectivity index (χ0v) is 11.6. The number of anilines is 1. The predicted molar refractivity (Wildman–Crippen MR) is 76.1 cm³/mol. The van der Waals surface area contributed by atoms with Crippen molar-refractivity contribution in [3.05, 3.63) is 28.3 Å². The Kier molecular flexibility index (Phi) is 4.44. The van der Waals surface area contributed by atoms with E-state index in [4.69, 9.17) is 4.74 Å². The van der Waals surface area contributed by atoms with Gasteiger partial charge in [-0.05, 0) is 18.9 Å². The SMILES string of the molecule is COc1cc(NCC2(CO)CCCC2)ccc1[N+](=O)[O-]. The molecule has 0 heterocycles. The van der Waals surface area contributed by atoms with E-state index in [2.05, 4.69) is 5.32 Å². The number of ether oxygens (including phenoxy) is 1. The Labute approximate surface area is 117 Å². The van der Waals surface area contributed by atoms with E-state index in [0.29, 0.717) is 6.54 Å². The molecule has 1 aliphatic carbocycles. The number of aliphatic hydroxyl groups excluding tert-OH is 1. The zero-order chi connectivity index (χ0) is 14.6. The average molecular weight is 280 g/mol. The third-order valence-electron chi connectivity index (χ3n) is 4.04. The number of nitrogens with one attached hydrogen (secondary N) is 1. The molecule has 110 valence electrons. The fraction of sp³-hybridized carbons (Fsp3) is 0.571. The van der Waals surface area contributed by atoms with Gasteiger partial charge in [-0.2, -0.15) is 0 Å². The van der Waals surface area contributed by atoms with Crippen molar-refractivity contribution in [3.63, 3.8) is 0 Å². The van der Waals surface area contributed by atoms with E-state index in [0.717, 1.165) is 31.4 Å². The number of nitro groups is 1. The highest BCUT2D eigenvalue weighted by molar-refractivity contribution is 5.58. The largest absolute Gasteiger partial charge is 0.490 e. The van der Waals surface area contributed by atoms with Gasteiger partial charge in [0.2, 0.25) is 0 Å². The molecule has 1 aliphatic rings. The number of benzene rings is 1. The summed E-state index contributed by atoms with van der Waals surface area (Å²) >= 11 is 0. The van der Waals surface area contributed by atoms with E-state index in [-0.39, 0.29) is 23.5 Å². The first-order valence-electron chi connectivity index (χ1n) is 6.77. The van der Waals surface area contributed by atoms with Gasteiger partial charge in [-0.1, -0.05) is 12.8 Å². The van der Waals surface area contributed by atoms with E-state index in [1.165, 1.54) is 13.2 Å². The summed E-state index contributed by atoms with van der Waals surface area (Å²) < 4.78 is 5.04. The second kappa shape index (κ2) is 6.09. The van der Waals surface area contributed by atoms with Crippen LogP contribution in [0.3, 0.4) is 0 Å². The summed E-state index contributed by atoms with van der Waals surface area (Å²) in [5.74, 6) is 0.240. The number of methoxy groups -OCH3 is 1. The molecule has 0 unspecified atom stereocenters. The summed E-state index contributed by atoms with van der Waals surface area (Å²) in [6.07, 6.45) is 4.32. The quantitative estimate of drug-likeness (QED) is 0.618. The van der Waals surface area contributed by atoms with Crippen LogP contribution in [0.4, 0.5) is 11.4 Å². The molecule has 0 spiro atoms. The monoisotopic (exact) mass is 280 g/mol. The first-order valence-corrected chi connectivity index (χ1v) is 6.77. The van der Waals surface area contributed by atoms with Gasteiger partial charge in [-0.15, -0.1) is 0 Å². The van der Waals surface area contributed by atoms with Gasteiger partial charge in [0.15, 0.2) is 5.75 Å². The lowest BCUT2D eigenvalue weighted by molar-refractivity contribution is -0.385. The van der Waals surface area contributed by atoms with E-state index in [1.807, 2.05) is 0 Å². The molecule has 6 nitrogen and oxygen atoms in total. The Morgan fingerprint density at radius 3 is 2.70 bits per heavy atom. The van der Waals surface area contributed by atoms with Crippen molar-refractivity contribution in [2.75, 3.05) is 25.6 Å².